The third kappa shape index (κ3) is 4.64. The molecule has 0 aliphatic carbocycles. The van der Waals surface area contributed by atoms with E-state index in [0.29, 0.717) is 23.6 Å². The standard InChI is InChI=1S/C20H19N3O2/c1-23(14-10-16-8-12-21-13-9-16)20(24)17-4-6-18(7-5-17)25-19-3-2-11-22-15-19/h2-9,11-13,15H,10,14H2,1H3. The van der Waals surface area contributed by atoms with Crippen LogP contribution in [0, 0.1) is 0 Å². The minimum absolute atomic E-state index is 0.0121. The summed E-state index contributed by atoms with van der Waals surface area (Å²) in [6, 6.07) is 14.7. The zero-order valence-corrected chi connectivity index (χ0v) is 14.0. The van der Waals surface area contributed by atoms with Gasteiger partial charge >= 0.3 is 0 Å². The first-order valence-corrected chi connectivity index (χ1v) is 8.05. The monoisotopic (exact) mass is 333 g/mol. The largest absolute Gasteiger partial charge is 0.456 e. The second-order valence-corrected chi connectivity index (χ2v) is 5.65. The number of ether oxygens (including phenoxy) is 1. The van der Waals surface area contributed by atoms with Crippen molar-refractivity contribution in [3.8, 4) is 11.5 Å². The summed E-state index contributed by atoms with van der Waals surface area (Å²) in [6.07, 6.45) is 7.66. The van der Waals surface area contributed by atoms with Crippen LogP contribution in [0.5, 0.6) is 11.5 Å². The summed E-state index contributed by atoms with van der Waals surface area (Å²) in [4.78, 5) is 22.2. The molecule has 0 bridgehead atoms. The number of carbonyl (C=O) groups excluding carboxylic acids is 1. The molecule has 1 amide bonds. The van der Waals surface area contributed by atoms with Crippen molar-refractivity contribution in [2.45, 2.75) is 6.42 Å². The molecule has 0 atom stereocenters. The van der Waals surface area contributed by atoms with Gasteiger partial charge in [0.1, 0.15) is 11.5 Å². The maximum atomic E-state index is 12.5. The summed E-state index contributed by atoms with van der Waals surface area (Å²) >= 11 is 0. The Balaban J connectivity index is 1.58. The first-order chi connectivity index (χ1) is 12.2. The number of nitrogens with zero attached hydrogens (tertiary/aromatic N) is 3. The smallest absolute Gasteiger partial charge is 0.253 e. The van der Waals surface area contributed by atoms with Gasteiger partial charge in [-0.05, 0) is 60.5 Å². The third-order valence-corrected chi connectivity index (χ3v) is 3.80. The number of benzene rings is 1. The van der Waals surface area contributed by atoms with Crippen LogP contribution in [0.4, 0.5) is 0 Å². The highest BCUT2D eigenvalue weighted by Crippen LogP contribution is 2.20. The van der Waals surface area contributed by atoms with E-state index in [2.05, 4.69) is 9.97 Å². The molecule has 0 aliphatic heterocycles. The van der Waals surface area contributed by atoms with Gasteiger partial charge in [-0.1, -0.05) is 0 Å². The molecule has 0 radical (unpaired) electrons. The Hall–Kier alpha value is -3.21. The van der Waals surface area contributed by atoms with E-state index >= 15 is 0 Å². The molecule has 1 aromatic carbocycles. The topological polar surface area (TPSA) is 55.3 Å². The second-order valence-electron chi connectivity index (χ2n) is 5.65. The van der Waals surface area contributed by atoms with Gasteiger partial charge in [-0.3, -0.25) is 14.8 Å². The molecule has 0 N–H and O–H groups in total. The van der Waals surface area contributed by atoms with E-state index in [1.807, 2.05) is 31.3 Å². The maximum Gasteiger partial charge on any atom is 0.253 e. The minimum atomic E-state index is -0.0121. The minimum Gasteiger partial charge on any atom is -0.456 e. The number of carbonyl (C=O) groups is 1. The lowest BCUT2D eigenvalue weighted by Gasteiger charge is -2.17. The third-order valence-electron chi connectivity index (χ3n) is 3.80. The van der Waals surface area contributed by atoms with E-state index in [1.165, 1.54) is 0 Å². The predicted molar refractivity (Wildman–Crippen MR) is 95.7 cm³/mol. The predicted octanol–water partition coefficient (Wildman–Crippen LogP) is 3.58. The van der Waals surface area contributed by atoms with Crippen LogP contribution in [0.15, 0.2) is 73.3 Å². The molecule has 3 rings (SSSR count). The summed E-state index contributed by atoms with van der Waals surface area (Å²) in [5.74, 6) is 1.32. The molecule has 0 aliphatic rings. The Kier molecular flexibility index (Phi) is 5.36. The Morgan fingerprint density at radius 1 is 0.960 bits per heavy atom. The van der Waals surface area contributed by atoms with Gasteiger partial charge < -0.3 is 9.64 Å². The fourth-order valence-corrected chi connectivity index (χ4v) is 2.38. The highest BCUT2D eigenvalue weighted by molar-refractivity contribution is 5.94. The van der Waals surface area contributed by atoms with Gasteiger partial charge in [0.25, 0.3) is 5.91 Å². The summed E-state index contributed by atoms with van der Waals surface area (Å²) in [5.41, 5.74) is 1.80. The number of rotatable bonds is 6. The van der Waals surface area contributed by atoms with Gasteiger partial charge in [-0.15, -0.1) is 0 Å². The van der Waals surface area contributed by atoms with Crippen molar-refractivity contribution in [3.63, 3.8) is 0 Å². The van der Waals surface area contributed by atoms with Crippen molar-refractivity contribution in [1.82, 2.24) is 14.9 Å². The fourth-order valence-electron chi connectivity index (χ4n) is 2.38. The zero-order chi connectivity index (χ0) is 17.5. The Bertz CT molecular complexity index is 805. The van der Waals surface area contributed by atoms with Crippen molar-refractivity contribution < 1.29 is 9.53 Å². The molecular weight excluding hydrogens is 314 g/mol. The van der Waals surface area contributed by atoms with E-state index in [9.17, 15) is 4.79 Å². The van der Waals surface area contributed by atoms with Crippen LogP contribution >= 0.6 is 0 Å². The molecule has 5 nitrogen and oxygen atoms in total. The zero-order valence-electron chi connectivity index (χ0n) is 14.0. The molecule has 2 aromatic heterocycles. The number of likely N-dealkylation sites (N-methyl/N-ethyl adjacent to an activating group) is 1. The van der Waals surface area contributed by atoms with Gasteiger partial charge in [-0.25, -0.2) is 0 Å². The number of aromatic nitrogens is 2. The quantitative estimate of drug-likeness (QED) is 0.692. The number of amides is 1. The molecule has 0 fully saturated rings. The highest BCUT2D eigenvalue weighted by Gasteiger charge is 2.11. The van der Waals surface area contributed by atoms with E-state index in [-0.39, 0.29) is 5.91 Å². The summed E-state index contributed by atoms with van der Waals surface area (Å²) in [5, 5.41) is 0. The second kappa shape index (κ2) is 8.06. The lowest BCUT2D eigenvalue weighted by Crippen LogP contribution is -2.28. The fraction of sp³-hybridized carbons (Fsp3) is 0.150. The molecule has 3 aromatic rings. The van der Waals surface area contributed by atoms with E-state index in [0.717, 1.165) is 12.0 Å². The molecular formula is C20H19N3O2. The van der Waals surface area contributed by atoms with Crippen LogP contribution in [-0.4, -0.2) is 34.4 Å². The van der Waals surface area contributed by atoms with Gasteiger partial charge in [0.2, 0.25) is 0 Å². The van der Waals surface area contributed by atoms with E-state index in [4.69, 9.17) is 4.74 Å². The Morgan fingerprint density at radius 2 is 1.72 bits per heavy atom. The SMILES string of the molecule is CN(CCc1ccncc1)C(=O)c1ccc(Oc2cccnc2)cc1. The summed E-state index contributed by atoms with van der Waals surface area (Å²) < 4.78 is 5.69. The maximum absolute atomic E-state index is 12.5. The van der Waals surface area contributed by atoms with E-state index in [1.54, 1.807) is 54.0 Å². The van der Waals surface area contributed by atoms with Crippen LogP contribution < -0.4 is 4.74 Å². The van der Waals surface area contributed by atoms with Crippen LogP contribution in [0.25, 0.3) is 0 Å². The molecule has 0 unspecified atom stereocenters. The van der Waals surface area contributed by atoms with Crippen LogP contribution in [0.3, 0.4) is 0 Å². The lowest BCUT2D eigenvalue weighted by atomic mass is 10.1. The van der Waals surface area contributed by atoms with Crippen LogP contribution in [0.2, 0.25) is 0 Å². The van der Waals surface area contributed by atoms with E-state index < -0.39 is 0 Å². The Labute approximate surface area is 146 Å². The van der Waals surface area contributed by atoms with Crippen molar-refractivity contribution in [2.24, 2.45) is 0 Å². The average molecular weight is 333 g/mol. The first-order valence-electron chi connectivity index (χ1n) is 8.05. The number of hydrogen-bond acceptors (Lipinski definition) is 4. The molecule has 0 saturated heterocycles. The van der Waals surface area contributed by atoms with Crippen molar-refractivity contribution in [2.75, 3.05) is 13.6 Å². The van der Waals surface area contributed by atoms with Gasteiger partial charge in [0.15, 0.2) is 0 Å². The Morgan fingerprint density at radius 3 is 2.40 bits per heavy atom. The molecule has 126 valence electrons. The number of hydrogen-bond donors (Lipinski definition) is 0. The first kappa shape index (κ1) is 16.6. The van der Waals surface area contributed by atoms with Gasteiger partial charge in [0, 0.05) is 37.7 Å². The lowest BCUT2D eigenvalue weighted by molar-refractivity contribution is 0.0796. The normalized spacial score (nSPS) is 10.3. The van der Waals surface area contributed by atoms with Crippen molar-refractivity contribution in [3.05, 3.63) is 84.4 Å². The molecule has 5 heteroatoms. The molecule has 0 saturated carbocycles. The van der Waals surface area contributed by atoms with Crippen LogP contribution in [-0.2, 0) is 6.42 Å². The highest BCUT2D eigenvalue weighted by atomic mass is 16.5. The van der Waals surface area contributed by atoms with Crippen molar-refractivity contribution >= 4 is 5.91 Å². The number of pyridine rings is 2. The molecule has 0 spiro atoms. The molecule has 25 heavy (non-hydrogen) atoms. The summed E-state index contributed by atoms with van der Waals surface area (Å²) in [7, 11) is 1.81. The van der Waals surface area contributed by atoms with Gasteiger partial charge in [-0.2, -0.15) is 0 Å². The summed E-state index contributed by atoms with van der Waals surface area (Å²) in [6.45, 7) is 0.650. The van der Waals surface area contributed by atoms with Gasteiger partial charge in [0.05, 0.1) is 6.20 Å². The average Bonchev–Trinajstić information content (AvgIpc) is 2.68. The molecule has 2 heterocycles. The van der Waals surface area contributed by atoms with Crippen LogP contribution in [0.1, 0.15) is 15.9 Å². The van der Waals surface area contributed by atoms with Crippen molar-refractivity contribution in [1.29, 1.82) is 0 Å².